The first kappa shape index (κ1) is 35.3. The molecule has 2 fully saturated rings. The number of carbonyl (C=O) groups excluding carboxylic acids is 3. The van der Waals surface area contributed by atoms with Crippen molar-refractivity contribution in [3.8, 4) is 5.75 Å². The molecule has 3 aliphatic heterocycles. The minimum Gasteiger partial charge on any atom is -0.494 e. The number of aromatic nitrogens is 2. The maximum atomic E-state index is 13.3. The molecule has 1 aromatic heterocycles. The van der Waals surface area contributed by atoms with Crippen LogP contribution in [0.3, 0.4) is 0 Å². The summed E-state index contributed by atoms with van der Waals surface area (Å²) in [5.74, 6) is 0.375. The summed E-state index contributed by atoms with van der Waals surface area (Å²) in [5.41, 5.74) is 4.66. The summed E-state index contributed by atoms with van der Waals surface area (Å²) in [6.07, 6.45) is 3.95. The number of piperidine rings is 2. The van der Waals surface area contributed by atoms with Crippen LogP contribution in [-0.4, -0.2) is 78.2 Å². The largest absolute Gasteiger partial charge is 0.494 e. The van der Waals surface area contributed by atoms with E-state index < -0.39 is 19.1 Å². The van der Waals surface area contributed by atoms with Gasteiger partial charge in [-0.25, -0.2) is 4.98 Å². The highest BCUT2D eigenvalue weighted by Crippen LogP contribution is 2.39. The van der Waals surface area contributed by atoms with Crippen molar-refractivity contribution in [2.24, 2.45) is 0 Å². The number of hydrogen-bond donors (Lipinski definition) is 4. The normalized spacial score (nSPS) is 18.9. The van der Waals surface area contributed by atoms with Crippen LogP contribution < -0.4 is 36.2 Å². The van der Waals surface area contributed by atoms with Crippen LogP contribution in [0.4, 0.5) is 34.5 Å². The number of hydrogen-bond acceptors (Lipinski definition) is 11. The molecule has 15 heteroatoms. The van der Waals surface area contributed by atoms with Crippen molar-refractivity contribution < 1.29 is 23.7 Å². The Morgan fingerprint density at radius 3 is 2.58 bits per heavy atom. The van der Waals surface area contributed by atoms with E-state index in [0.717, 1.165) is 42.9 Å². The number of fused-ring (bicyclic) bond motifs is 1. The van der Waals surface area contributed by atoms with E-state index >= 15 is 0 Å². The second-order valence-corrected chi connectivity index (χ2v) is 17.1. The Balaban J connectivity index is 1.04. The highest BCUT2D eigenvalue weighted by atomic mass is 35.5. The lowest BCUT2D eigenvalue weighted by Crippen LogP contribution is -2.52. The fraction of sp³-hybridized carbons (Fsp3) is 0.324. The average Bonchev–Trinajstić information content (AvgIpc) is 3.46. The molecule has 4 heterocycles. The zero-order valence-corrected chi connectivity index (χ0v) is 30.8. The number of rotatable bonds is 10. The molecular formula is C37H40ClN8O5P. The maximum Gasteiger partial charge on any atom is 0.255 e. The first-order valence-electron chi connectivity index (χ1n) is 17.2. The van der Waals surface area contributed by atoms with Gasteiger partial charge in [0.15, 0.2) is 5.82 Å². The zero-order valence-electron chi connectivity index (χ0n) is 29.1. The Morgan fingerprint density at radius 1 is 0.981 bits per heavy atom. The van der Waals surface area contributed by atoms with Gasteiger partial charge in [0.25, 0.3) is 5.91 Å². The van der Waals surface area contributed by atoms with Gasteiger partial charge < -0.3 is 35.1 Å². The molecule has 2 unspecified atom stereocenters. The number of methoxy groups -OCH3 is 1. The SMILES string of the molecule is COc1cc(N2CCCC(Nc3cccc4c3CN(C3CCC(=O)NC3=O)C4=O)C2)ccc1Nc1ncc(Cl)c(Nc2ccccc2P(C)(C)=O)n1. The van der Waals surface area contributed by atoms with Gasteiger partial charge in [-0.3, -0.25) is 19.7 Å². The Morgan fingerprint density at radius 2 is 1.79 bits per heavy atom. The number of carbonyl (C=O) groups is 3. The lowest BCUT2D eigenvalue weighted by molar-refractivity contribution is -0.136. The third-order valence-electron chi connectivity index (χ3n) is 9.64. The predicted molar refractivity (Wildman–Crippen MR) is 203 cm³/mol. The summed E-state index contributed by atoms with van der Waals surface area (Å²) in [6.45, 7) is 5.34. The van der Waals surface area contributed by atoms with Crippen LogP contribution in [0.5, 0.6) is 5.75 Å². The van der Waals surface area contributed by atoms with Gasteiger partial charge in [-0.2, -0.15) is 4.98 Å². The summed E-state index contributed by atoms with van der Waals surface area (Å²) in [7, 11) is -0.952. The molecule has 0 aliphatic carbocycles. The van der Waals surface area contributed by atoms with Crippen molar-refractivity contribution in [1.82, 2.24) is 20.2 Å². The Hall–Kier alpha value is -5.13. The van der Waals surface area contributed by atoms with E-state index in [0.29, 0.717) is 57.7 Å². The third kappa shape index (κ3) is 7.29. The van der Waals surface area contributed by atoms with Crippen molar-refractivity contribution in [1.29, 1.82) is 0 Å². The van der Waals surface area contributed by atoms with Gasteiger partial charge in [0.05, 0.1) is 24.7 Å². The van der Waals surface area contributed by atoms with E-state index in [1.54, 1.807) is 31.4 Å². The first-order valence-corrected chi connectivity index (χ1v) is 20.1. The molecule has 2 saturated heterocycles. The van der Waals surface area contributed by atoms with Crippen LogP contribution in [-0.2, 0) is 20.7 Å². The van der Waals surface area contributed by atoms with Gasteiger partial charge in [-0.05, 0) is 69.0 Å². The molecule has 13 nitrogen and oxygen atoms in total. The molecular weight excluding hydrogens is 703 g/mol. The van der Waals surface area contributed by atoms with Crippen molar-refractivity contribution in [2.75, 3.05) is 54.4 Å². The summed E-state index contributed by atoms with van der Waals surface area (Å²) >= 11 is 6.46. The molecule has 3 aromatic carbocycles. The molecule has 2 atom stereocenters. The summed E-state index contributed by atoms with van der Waals surface area (Å²) in [4.78, 5) is 50.5. The van der Waals surface area contributed by atoms with Crippen LogP contribution in [0, 0.1) is 0 Å². The molecule has 3 amide bonds. The number of imide groups is 1. The van der Waals surface area contributed by atoms with E-state index in [4.69, 9.17) is 16.3 Å². The molecule has 0 bridgehead atoms. The maximum absolute atomic E-state index is 13.3. The Bertz CT molecular complexity index is 2110. The summed E-state index contributed by atoms with van der Waals surface area (Å²) in [6, 6.07) is 18.4. The van der Waals surface area contributed by atoms with Crippen molar-refractivity contribution >= 4 is 76.3 Å². The van der Waals surface area contributed by atoms with Gasteiger partial charge >= 0.3 is 0 Å². The van der Waals surface area contributed by atoms with E-state index in [1.165, 1.54) is 6.20 Å². The number of amides is 3. The molecule has 52 heavy (non-hydrogen) atoms. The van der Waals surface area contributed by atoms with Crippen molar-refractivity contribution in [3.63, 3.8) is 0 Å². The predicted octanol–water partition coefficient (Wildman–Crippen LogP) is 5.72. The molecule has 4 N–H and O–H groups in total. The van der Waals surface area contributed by atoms with E-state index in [9.17, 15) is 18.9 Å². The number of anilines is 6. The van der Waals surface area contributed by atoms with Crippen molar-refractivity contribution in [2.45, 2.75) is 44.3 Å². The smallest absolute Gasteiger partial charge is 0.255 e. The summed E-state index contributed by atoms with van der Waals surface area (Å²) in [5, 5.41) is 13.5. The van der Waals surface area contributed by atoms with Gasteiger partial charge in [-0.15, -0.1) is 0 Å². The van der Waals surface area contributed by atoms with E-state index in [2.05, 4.69) is 36.1 Å². The second-order valence-electron chi connectivity index (χ2n) is 13.6. The molecule has 4 aromatic rings. The number of nitrogens with one attached hydrogen (secondary N) is 4. The highest BCUT2D eigenvalue weighted by Gasteiger charge is 2.40. The van der Waals surface area contributed by atoms with E-state index in [1.807, 2.05) is 54.6 Å². The fourth-order valence-electron chi connectivity index (χ4n) is 7.06. The molecule has 0 radical (unpaired) electrons. The number of nitrogens with zero attached hydrogens (tertiary/aromatic N) is 4. The molecule has 0 spiro atoms. The Labute approximate surface area is 306 Å². The molecule has 270 valence electrons. The first-order chi connectivity index (χ1) is 25.0. The topological polar surface area (TPSA) is 158 Å². The molecule has 0 saturated carbocycles. The van der Waals surface area contributed by atoms with Crippen molar-refractivity contribution in [3.05, 3.63) is 83.0 Å². The lowest BCUT2D eigenvalue weighted by Gasteiger charge is -2.36. The monoisotopic (exact) mass is 742 g/mol. The number of para-hydroxylation sites is 1. The zero-order chi connectivity index (χ0) is 36.6. The fourth-order valence-corrected chi connectivity index (χ4v) is 8.36. The van der Waals surface area contributed by atoms with Gasteiger partial charge in [-0.1, -0.05) is 29.8 Å². The van der Waals surface area contributed by atoms with Crippen LogP contribution in [0.25, 0.3) is 0 Å². The summed E-state index contributed by atoms with van der Waals surface area (Å²) < 4.78 is 18.7. The quantitative estimate of drug-likeness (QED) is 0.116. The number of ether oxygens (including phenoxy) is 1. The number of halogens is 1. The van der Waals surface area contributed by atoms with Crippen LogP contribution in [0.2, 0.25) is 5.02 Å². The third-order valence-corrected chi connectivity index (χ3v) is 11.5. The lowest BCUT2D eigenvalue weighted by atomic mass is 10.0. The Kier molecular flexibility index (Phi) is 9.82. The molecule has 3 aliphatic rings. The average molecular weight is 743 g/mol. The van der Waals surface area contributed by atoms with E-state index in [-0.39, 0.29) is 24.3 Å². The van der Waals surface area contributed by atoms with Crippen LogP contribution in [0.1, 0.15) is 41.6 Å². The van der Waals surface area contributed by atoms with Crippen LogP contribution >= 0.6 is 18.7 Å². The highest BCUT2D eigenvalue weighted by molar-refractivity contribution is 7.70. The second kappa shape index (κ2) is 14.5. The van der Waals surface area contributed by atoms with Gasteiger partial charge in [0.1, 0.15) is 24.0 Å². The van der Waals surface area contributed by atoms with Crippen LogP contribution in [0.15, 0.2) is 66.9 Å². The number of benzene rings is 3. The minimum absolute atomic E-state index is 0.108. The molecule has 7 rings (SSSR count). The van der Waals surface area contributed by atoms with Gasteiger partial charge in [0.2, 0.25) is 17.8 Å². The standard InChI is InChI=1S/C37H40ClN8O5P/c1-51-31-18-23(13-14-28(31)42-37-39-19-26(38)34(44-37)41-29-10-4-5-12-32(29)52(2,3)50)45-17-7-8-22(20-45)40-27-11-6-9-24-25(27)21-46(36(24)49)30-15-16-33(47)43-35(30)48/h4-6,9-14,18-19,22,30,40H,7-8,15-17,20-21H2,1-3H3,(H,43,47,48)(H2,39,41,42,44). The minimum atomic E-state index is -2.56. The van der Waals surface area contributed by atoms with Gasteiger partial charge in [0, 0.05) is 66.0 Å².